The lowest BCUT2D eigenvalue weighted by molar-refractivity contribution is 0.0596. The number of benzene rings is 1. The molecule has 0 amide bonds. The molecule has 8 heteroatoms. The Hall–Kier alpha value is -1.77. The lowest BCUT2D eigenvalue weighted by Gasteiger charge is -2.10. The Morgan fingerprint density at radius 2 is 2.14 bits per heavy atom. The summed E-state index contributed by atoms with van der Waals surface area (Å²) in [7, 11) is -2.88. The zero-order valence-electron chi connectivity index (χ0n) is 11.7. The molecule has 1 heterocycles. The zero-order valence-corrected chi connectivity index (χ0v) is 13.3. The largest absolute Gasteiger partial charge is 0.465 e. The zero-order chi connectivity index (χ0) is 16.2. The van der Waals surface area contributed by atoms with Crippen LogP contribution in [0.15, 0.2) is 40.6 Å². The van der Waals surface area contributed by atoms with E-state index in [0.717, 1.165) is 30.2 Å². The molecular formula is C14H14FNO4S2. The molecule has 0 unspecified atom stereocenters. The van der Waals surface area contributed by atoms with Crippen LogP contribution in [0.25, 0.3) is 0 Å². The van der Waals surface area contributed by atoms with Gasteiger partial charge in [0, 0.05) is 11.4 Å². The maximum Gasteiger partial charge on any atom is 0.339 e. The minimum absolute atomic E-state index is 0.153. The summed E-state index contributed by atoms with van der Waals surface area (Å²) in [6, 6.07) is 6.67. The Bertz CT molecular complexity index is 757. The lowest BCUT2D eigenvalue weighted by Crippen LogP contribution is -2.27. The number of carbonyl (C=O) groups excluding carboxylic acids is 1. The van der Waals surface area contributed by atoms with Crippen molar-refractivity contribution in [1.82, 2.24) is 4.72 Å². The Kier molecular flexibility index (Phi) is 5.28. The molecule has 22 heavy (non-hydrogen) atoms. The molecule has 0 saturated carbocycles. The number of carbonyl (C=O) groups is 1. The fourth-order valence-corrected chi connectivity index (χ4v) is 3.78. The summed E-state index contributed by atoms with van der Waals surface area (Å²) < 4.78 is 44.8. The SMILES string of the molecule is COC(=O)c1ccc(F)cc1S(=O)(=O)NCCc1cccs1. The number of nitrogens with one attached hydrogen (secondary N) is 1. The highest BCUT2D eigenvalue weighted by atomic mass is 32.2. The molecular weight excluding hydrogens is 329 g/mol. The van der Waals surface area contributed by atoms with Crippen LogP contribution < -0.4 is 4.72 Å². The lowest BCUT2D eigenvalue weighted by atomic mass is 10.2. The van der Waals surface area contributed by atoms with Gasteiger partial charge in [0.1, 0.15) is 5.82 Å². The molecule has 118 valence electrons. The highest BCUT2D eigenvalue weighted by Gasteiger charge is 2.23. The van der Waals surface area contributed by atoms with E-state index in [2.05, 4.69) is 9.46 Å². The van der Waals surface area contributed by atoms with E-state index < -0.39 is 26.7 Å². The Morgan fingerprint density at radius 3 is 2.77 bits per heavy atom. The van der Waals surface area contributed by atoms with Crippen LogP contribution in [0.4, 0.5) is 4.39 Å². The third-order valence-electron chi connectivity index (χ3n) is 2.88. The second-order valence-electron chi connectivity index (χ2n) is 4.36. The van der Waals surface area contributed by atoms with Gasteiger partial charge in [-0.1, -0.05) is 6.07 Å². The van der Waals surface area contributed by atoms with Crippen LogP contribution >= 0.6 is 11.3 Å². The van der Waals surface area contributed by atoms with Gasteiger partial charge >= 0.3 is 5.97 Å². The maximum atomic E-state index is 13.3. The van der Waals surface area contributed by atoms with Crippen LogP contribution in [0.5, 0.6) is 0 Å². The molecule has 0 bridgehead atoms. The Morgan fingerprint density at radius 1 is 1.36 bits per heavy atom. The third kappa shape index (κ3) is 3.90. The molecule has 0 aliphatic heterocycles. The van der Waals surface area contributed by atoms with Gasteiger partial charge in [-0.25, -0.2) is 22.3 Å². The van der Waals surface area contributed by atoms with Crippen molar-refractivity contribution in [2.24, 2.45) is 0 Å². The van der Waals surface area contributed by atoms with E-state index in [9.17, 15) is 17.6 Å². The predicted octanol–water partition coefficient (Wildman–Crippen LogP) is 2.19. The average Bonchev–Trinajstić information content (AvgIpc) is 2.99. The molecule has 0 fully saturated rings. The summed E-state index contributed by atoms with van der Waals surface area (Å²) in [4.78, 5) is 12.2. The third-order valence-corrected chi connectivity index (χ3v) is 5.32. The average molecular weight is 343 g/mol. The van der Waals surface area contributed by atoms with Crippen molar-refractivity contribution in [3.05, 3.63) is 52.0 Å². The topological polar surface area (TPSA) is 72.5 Å². The summed E-state index contributed by atoms with van der Waals surface area (Å²) in [5.41, 5.74) is -0.201. The standard InChI is InChI=1S/C14H14FNO4S2/c1-20-14(17)12-5-4-10(15)9-13(12)22(18,19)16-7-6-11-3-2-8-21-11/h2-5,8-9,16H,6-7H2,1H3. The number of methoxy groups -OCH3 is 1. The number of ether oxygens (including phenoxy) is 1. The van der Waals surface area contributed by atoms with Gasteiger partial charge in [-0.3, -0.25) is 0 Å². The van der Waals surface area contributed by atoms with Crippen molar-refractivity contribution in [1.29, 1.82) is 0 Å². The second kappa shape index (κ2) is 6.99. The minimum atomic E-state index is -4.01. The fourth-order valence-electron chi connectivity index (χ4n) is 1.84. The Labute approximate surface area is 131 Å². The van der Waals surface area contributed by atoms with Gasteiger partial charge < -0.3 is 4.74 Å². The van der Waals surface area contributed by atoms with Gasteiger partial charge in [0.15, 0.2) is 0 Å². The van der Waals surface area contributed by atoms with Crippen molar-refractivity contribution in [3.63, 3.8) is 0 Å². The molecule has 0 aliphatic carbocycles. The number of esters is 1. The quantitative estimate of drug-likeness (QED) is 0.816. The summed E-state index contributed by atoms with van der Waals surface area (Å²) >= 11 is 1.51. The first kappa shape index (κ1) is 16.6. The monoisotopic (exact) mass is 343 g/mol. The van der Waals surface area contributed by atoms with Crippen molar-refractivity contribution in [3.8, 4) is 0 Å². The second-order valence-corrected chi connectivity index (χ2v) is 7.13. The summed E-state index contributed by atoms with van der Waals surface area (Å²) in [6.45, 7) is 0.153. The van der Waals surface area contributed by atoms with E-state index in [1.807, 2.05) is 17.5 Å². The highest BCUT2D eigenvalue weighted by molar-refractivity contribution is 7.89. The van der Waals surface area contributed by atoms with E-state index in [4.69, 9.17) is 0 Å². The van der Waals surface area contributed by atoms with Crippen molar-refractivity contribution >= 4 is 27.3 Å². The van der Waals surface area contributed by atoms with Gasteiger partial charge in [-0.15, -0.1) is 11.3 Å². The molecule has 2 rings (SSSR count). The molecule has 1 aromatic heterocycles. The normalized spacial score (nSPS) is 11.4. The molecule has 0 spiro atoms. The number of hydrogen-bond donors (Lipinski definition) is 1. The van der Waals surface area contributed by atoms with Crippen molar-refractivity contribution in [2.45, 2.75) is 11.3 Å². The van der Waals surface area contributed by atoms with Crippen LogP contribution in [-0.4, -0.2) is 28.0 Å². The van der Waals surface area contributed by atoms with Gasteiger partial charge in [-0.05, 0) is 36.1 Å². The van der Waals surface area contributed by atoms with Gasteiger partial charge in [0.25, 0.3) is 0 Å². The molecule has 0 radical (unpaired) electrons. The highest BCUT2D eigenvalue weighted by Crippen LogP contribution is 2.18. The first-order valence-electron chi connectivity index (χ1n) is 6.34. The molecule has 1 N–H and O–H groups in total. The molecule has 0 saturated heterocycles. The van der Waals surface area contributed by atoms with Gasteiger partial charge in [0.05, 0.1) is 17.6 Å². The van der Waals surface area contributed by atoms with Crippen LogP contribution in [0.3, 0.4) is 0 Å². The van der Waals surface area contributed by atoms with Crippen LogP contribution in [0.1, 0.15) is 15.2 Å². The van der Waals surface area contributed by atoms with E-state index in [-0.39, 0.29) is 12.1 Å². The predicted molar refractivity (Wildman–Crippen MR) is 81.0 cm³/mol. The number of rotatable bonds is 6. The van der Waals surface area contributed by atoms with E-state index in [1.165, 1.54) is 11.3 Å². The first-order valence-corrected chi connectivity index (χ1v) is 8.70. The molecule has 0 aliphatic rings. The maximum absolute atomic E-state index is 13.3. The van der Waals surface area contributed by atoms with Crippen molar-refractivity contribution < 1.29 is 22.3 Å². The van der Waals surface area contributed by atoms with E-state index >= 15 is 0 Å². The number of halogens is 1. The Balaban J connectivity index is 2.21. The summed E-state index contributed by atoms with van der Waals surface area (Å²) in [5.74, 6) is -1.58. The van der Waals surface area contributed by atoms with Crippen LogP contribution in [-0.2, 0) is 21.2 Å². The molecule has 5 nitrogen and oxygen atoms in total. The van der Waals surface area contributed by atoms with Crippen molar-refractivity contribution in [2.75, 3.05) is 13.7 Å². The molecule has 0 atom stereocenters. The molecule has 1 aromatic carbocycles. The summed E-state index contributed by atoms with van der Waals surface area (Å²) in [6.07, 6.45) is 0.514. The summed E-state index contributed by atoms with van der Waals surface area (Å²) in [5, 5.41) is 1.89. The van der Waals surface area contributed by atoms with E-state index in [0.29, 0.717) is 6.42 Å². The van der Waals surface area contributed by atoms with Gasteiger partial charge in [0.2, 0.25) is 10.0 Å². The van der Waals surface area contributed by atoms with Gasteiger partial charge in [-0.2, -0.15) is 0 Å². The number of hydrogen-bond acceptors (Lipinski definition) is 5. The smallest absolute Gasteiger partial charge is 0.339 e. The number of thiophene rings is 1. The number of sulfonamides is 1. The molecule has 2 aromatic rings. The van der Waals surface area contributed by atoms with Crippen LogP contribution in [0, 0.1) is 5.82 Å². The fraction of sp³-hybridized carbons (Fsp3) is 0.214. The first-order chi connectivity index (χ1) is 10.4. The van der Waals surface area contributed by atoms with Crippen LogP contribution in [0.2, 0.25) is 0 Å². The minimum Gasteiger partial charge on any atom is -0.465 e. The van der Waals surface area contributed by atoms with E-state index in [1.54, 1.807) is 0 Å².